The number of carbonyl (C=O) groups excluding carboxylic acids is 2. The summed E-state index contributed by atoms with van der Waals surface area (Å²) in [6.45, 7) is 4.37. The Morgan fingerprint density at radius 3 is 2.12 bits per heavy atom. The minimum Gasteiger partial charge on any atom is -0.497 e. The zero-order chi connectivity index (χ0) is 24.1. The summed E-state index contributed by atoms with van der Waals surface area (Å²) in [5, 5.41) is 10.4. The fraction of sp³-hybridized carbons (Fsp3) is 0.550. The molecule has 0 aromatic heterocycles. The highest BCUT2D eigenvalue weighted by Gasteiger charge is 2.38. The van der Waals surface area contributed by atoms with E-state index in [4.69, 9.17) is 19.4 Å². The van der Waals surface area contributed by atoms with Crippen molar-refractivity contribution in [2.75, 3.05) is 60.1 Å². The molecule has 0 aliphatic carbocycles. The van der Waals surface area contributed by atoms with Crippen molar-refractivity contribution in [3.05, 3.63) is 29.8 Å². The van der Waals surface area contributed by atoms with Crippen molar-refractivity contribution in [1.82, 2.24) is 15.1 Å². The molecule has 0 radical (unpaired) electrons. The number of rotatable bonds is 8. The van der Waals surface area contributed by atoms with Gasteiger partial charge >= 0.3 is 12.1 Å². The molecule has 9 nitrogen and oxygen atoms in total. The van der Waals surface area contributed by atoms with Crippen LogP contribution in [0.25, 0.3) is 0 Å². The number of methoxy groups -OCH3 is 2. The molecule has 2 rings (SSSR count). The van der Waals surface area contributed by atoms with Gasteiger partial charge in [0.25, 0.3) is 5.91 Å². The molecule has 1 saturated heterocycles. The molecule has 1 aliphatic rings. The van der Waals surface area contributed by atoms with Gasteiger partial charge in [-0.05, 0) is 24.3 Å². The zero-order valence-electron chi connectivity index (χ0n) is 18.0. The van der Waals surface area contributed by atoms with Crippen LogP contribution in [0, 0.1) is 0 Å². The molecule has 180 valence electrons. The highest BCUT2D eigenvalue weighted by molar-refractivity contribution is 5.94. The monoisotopic (exact) mass is 463 g/mol. The van der Waals surface area contributed by atoms with E-state index in [1.54, 1.807) is 43.4 Å². The number of aliphatic carboxylic acids is 1. The first-order valence-corrected chi connectivity index (χ1v) is 9.81. The number of benzene rings is 1. The Balaban J connectivity index is 0.000000633. The lowest BCUT2D eigenvalue weighted by molar-refractivity contribution is -0.192. The van der Waals surface area contributed by atoms with Gasteiger partial charge in [-0.15, -0.1) is 0 Å². The van der Waals surface area contributed by atoms with Crippen LogP contribution < -0.4 is 10.1 Å². The summed E-state index contributed by atoms with van der Waals surface area (Å²) in [6.07, 6.45) is -4.76. The molecule has 1 fully saturated rings. The Kier molecular flexibility index (Phi) is 11.5. The van der Waals surface area contributed by atoms with Gasteiger partial charge in [0.2, 0.25) is 5.91 Å². The fourth-order valence-electron chi connectivity index (χ4n) is 2.74. The van der Waals surface area contributed by atoms with Crippen molar-refractivity contribution in [3.8, 4) is 5.75 Å². The third-order valence-electron chi connectivity index (χ3n) is 4.50. The van der Waals surface area contributed by atoms with Crippen LogP contribution in [0.5, 0.6) is 5.75 Å². The number of piperazine rings is 1. The van der Waals surface area contributed by atoms with Crippen LogP contribution in [0.2, 0.25) is 0 Å². The summed E-state index contributed by atoms with van der Waals surface area (Å²) < 4.78 is 42.0. The minimum absolute atomic E-state index is 0.0893. The predicted molar refractivity (Wildman–Crippen MR) is 109 cm³/mol. The summed E-state index contributed by atoms with van der Waals surface area (Å²) in [5.41, 5.74) is 0.575. The molecule has 2 N–H and O–H groups in total. The number of ether oxygens (including phenoxy) is 2. The van der Waals surface area contributed by atoms with Crippen LogP contribution >= 0.6 is 0 Å². The van der Waals surface area contributed by atoms with Gasteiger partial charge in [-0.3, -0.25) is 9.59 Å². The highest BCUT2D eigenvalue weighted by atomic mass is 19.4. The molecule has 0 saturated carbocycles. The molecular weight excluding hydrogens is 435 g/mol. The number of carboxylic acid groups (broad SMARTS) is 1. The van der Waals surface area contributed by atoms with Crippen LogP contribution in [0.15, 0.2) is 24.3 Å². The summed E-state index contributed by atoms with van der Waals surface area (Å²) in [4.78, 5) is 37.5. The maximum atomic E-state index is 12.7. The molecule has 12 heteroatoms. The van der Waals surface area contributed by atoms with E-state index in [0.29, 0.717) is 37.4 Å². The second-order valence-corrected chi connectivity index (χ2v) is 6.70. The molecule has 32 heavy (non-hydrogen) atoms. The van der Waals surface area contributed by atoms with Gasteiger partial charge in [-0.2, -0.15) is 13.2 Å². The van der Waals surface area contributed by atoms with Gasteiger partial charge < -0.3 is 29.7 Å². The van der Waals surface area contributed by atoms with Gasteiger partial charge in [0.05, 0.1) is 13.7 Å². The Bertz CT molecular complexity index is 737. The Labute approximate surface area is 184 Å². The molecule has 1 heterocycles. The van der Waals surface area contributed by atoms with E-state index in [-0.39, 0.29) is 11.8 Å². The van der Waals surface area contributed by atoms with E-state index < -0.39 is 12.1 Å². The third-order valence-corrected chi connectivity index (χ3v) is 4.50. The highest BCUT2D eigenvalue weighted by Crippen LogP contribution is 2.14. The maximum absolute atomic E-state index is 12.7. The Morgan fingerprint density at radius 1 is 1.09 bits per heavy atom. The van der Waals surface area contributed by atoms with Gasteiger partial charge in [-0.25, -0.2) is 4.79 Å². The average molecular weight is 463 g/mol. The van der Waals surface area contributed by atoms with Crippen molar-refractivity contribution in [3.63, 3.8) is 0 Å². The number of nitrogens with one attached hydrogen (secondary N) is 1. The second kappa shape index (κ2) is 13.5. The largest absolute Gasteiger partial charge is 0.497 e. The second-order valence-electron chi connectivity index (χ2n) is 6.70. The summed E-state index contributed by atoms with van der Waals surface area (Å²) in [6, 6.07) is 6.99. The normalized spacial score (nSPS) is 13.6. The molecule has 0 atom stereocenters. The molecule has 0 unspecified atom stereocenters. The lowest BCUT2D eigenvalue weighted by atomic mass is 10.2. The van der Waals surface area contributed by atoms with E-state index in [0.717, 1.165) is 26.2 Å². The molecule has 0 spiro atoms. The van der Waals surface area contributed by atoms with E-state index in [1.807, 2.05) is 4.90 Å². The summed E-state index contributed by atoms with van der Waals surface area (Å²) >= 11 is 0. The standard InChI is InChI=1S/C18H27N3O4.C2HF3O2/c1-24-14-13-21(10-7-17(22)20-11-8-19-9-12-20)18(23)15-3-5-16(25-2)6-4-15;3-2(4,5)1(6)7/h3-6,19H,7-14H2,1-2H3;(H,6,7). The zero-order valence-corrected chi connectivity index (χ0v) is 18.0. The number of hydrogen-bond acceptors (Lipinski definition) is 6. The first kappa shape index (κ1) is 27.2. The van der Waals surface area contributed by atoms with Crippen LogP contribution in [0.1, 0.15) is 16.8 Å². The molecule has 0 bridgehead atoms. The van der Waals surface area contributed by atoms with Crippen molar-refractivity contribution in [2.45, 2.75) is 12.6 Å². The Morgan fingerprint density at radius 2 is 1.66 bits per heavy atom. The van der Waals surface area contributed by atoms with E-state index in [1.165, 1.54) is 0 Å². The maximum Gasteiger partial charge on any atom is 0.490 e. The molecular formula is C20H28F3N3O6. The van der Waals surface area contributed by atoms with Gasteiger partial charge in [0, 0.05) is 58.4 Å². The summed E-state index contributed by atoms with van der Waals surface area (Å²) in [7, 11) is 3.19. The van der Waals surface area contributed by atoms with Crippen LogP contribution in [-0.4, -0.2) is 99.0 Å². The number of nitrogens with zero attached hydrogens (tertiary/aromatic N) is 2. The third kappa shape index (κ3) is 9.52. The van der Waals surface area contributed by atoms with E-state index in [9.17, 15) is 22.8 Å². The number of hydrogen-bond donors (Lipinski definition) is 2. The quantitative estimate of drug-likeness (QED) is 0.597. The summed E-state index contributed by atoms with van der Waals surface area (Å²) in [5.74, 6) is -2.07. The predicted octanol–water partition coefficient (Wildman–Crippen LogP) is 1.24. The minimum atomic E-state index is -5.08. The SMILES string of the molecule is COCCN(CCC(=O)N1CCNCC1)C(=O)c1ccc(OC)cc1.O=C(O)C(F)(F)F. The van der Waals surface area contributed by atoms with Crippen molar-refractivity contribution in [2.24, 2.45) is 0 Å². The molecule has 1 aliphatic heterocycles. The first-order valence-electron chi connectivity index (χ1n) is 9.81. The number of alkyl halides is 3. The van der Waals surface area contributed by atoms with E-state index >= 15 is 0 Å². The van der Waals surface area contributed by atoms with Crippen LogP contribution in [0.3, 0.4) is 0 Å². The van der Waals surface area contributed by atoms with Gasteiger partial charge in [0.15, 0.2) is 0 Å². The first-order chi connectivity index (χ1) is 15.1. The average Bonchev–Trinajstić information content (AvgIpc) is 2.79. The fourth-order valence-corrected chi connectivity index (χ4v) is 2.74. The van der Waals surface area contributed by atoms with Crippen molar-refractivity contribution < 1.29 is 42.1 Å². The number of carboxylic acids is 1. The van der Waals surface area contributed by atoms with Crippen LogP contribution in [0.4, 0.5) is 13.2 Å². The number of amides is 2. The lowest BCUT2D eigenvalue weighted by Crippen LogP contribution is -2.47. The van der Waals surface area contributed by atoms with Crippen LogP contribution in [-0.2, 0) is 14.3 Å². The van der Waals surface area contributed by atoms with Gasteiger partial charge in [0.1, 0.15) is 5.75 Å². The molecule has 1 aromatic carbocycles. The number of halogens is 3. The van der Waals surface area contributed by atoms with Gasteiger partial charge in [-0.1, -0.05) is 0 Å². The Hall–Kier alpha value is -2.86. The molecule has 2 amide bonds. The smallest absolute Gasteiger partial charge is 0.490 e. The van der Waals surface area contributed by atoms with E-state index in [2.05, 4.69) is 5.32 Å². The molecule has 1 aromatic rings. The topological polar surface area (TPSA) is 108 Å². The number of carbonyl (C=O) groups is 3. The van der Waals surface area contributed by atoms with Crippen molar-refractivity contribution in [1.29, 1.82) is 0 Å². The van der Waals surface area contributed by atoms with Crippen molar-refractivity contribution >= 4 is 17.8 Å². The lowest BCUT2D eigenvalue weighted by Gasteiger charge is -2.29.